The number of hydrogen-bond acceptors (Lipinski definition) is 3. The molecule has 1 amide bonds. The summed E-state index contributed by atoms with van der Waals surface area (Å²) in [5.41, 5.74) is 6.00. The number of rotatable bonds is 7. The van der Waals surface area contributed by atoms with Gasteiger partial charge in [0.25, 0.3) is 0 Å². The first kappa shape index (κ1) is 14.7. The lowest BCUT2D eigenvalue weighted by Crippen LogP contribution is -2.09. The van der Waals surface area contributed by atoms with Crippen molar-refractivity contribution in [2.24, 2.45) is 5.73 Å². The lowest BCUT2D eigenvalue weighted by molar-refractivity contribution is -0.113. The summed E-state index contributed by atoms with van der Waals surface area (Å²) in [5.74, 6) is 1.06. The van der Waals surface area contributed by atoms with Gasteiger partial charge in [-0.3, -0.25) is 4.79 Å². The molecule has 1 aromatic heterocycles. The van der Waals surface area contributed by atoms with Gasteiger partial charge in [-0.2, -0.15) is 0 Å². The SMILES string of the molecule is COc1cccc(OCCn2cccc2/C=C/C(N)=O)c1. The first-order valence-electron chi connectivity index (χ1n) is 6.58. The molecule has 0 unspecified atom stereocenters. The third-order valence-corrected chi connectivity index (χ3v) is 2.93. The average molecular weight is 286 g/mol. The van der Waals surface area contributed by atoms with Gasteiger partial charge in [-0.05, 0) is 30.3 Å². The first-order chi connectivity index (χ1) is 10.2. The molecule has 0 saturated heterocycles. The second kappa shape index (κ2) is 7.19. The van der Waals surface area contributed by atoms with Gasteiger partial charge in [0.05, 0.1) is 13.7 Å². The summed E-state index contributed by atoms with van der Waals surface area (Å²) in [6.45, 7) is 1.18. The van der Waals surface area contributed by atoms with Crippen molar-refractivity contribution in [3.8, 4) is 11.5 Å². The molecule has 1 heterocycles. The van der Waals surface area contributed by atoms with Crippen molar-refractivity contribution in [2.45, 2.75) is 6.54 Å². The topological polar surface area (TPSA) is 66.5 Å². The van der Waals surface area contributed by atoms with Gasteiger partial charge >= 0.3 is 0 Å². The molecule has 0 radical (unpaired) electrons. The molecule has 2 rings (SSSR count). The van der Waals surface area contributed by atoms with Gasteiger partial charge in [0.2, 0.25) is 5.91 Å². The van der Waals surface area contributed by atoms with E-state index in [1.54, 1.807) is 13.2 Å². The van der Waals surface area contributed by atoms with Crippen molar-refractivity contribution in [1.29, 1.82) is 0 Å². The fraction of sp³-hybridized carbons (Fsp3) is 0.188. The van der Waals surface area contributed by atoms with Crippen LogP contribution in [0.2, 0.25) is 0 Å². The summed E-state index contributed by atoms with van der Waals surface area (Å²) in [5, 5.41) is 0. The Bertz CT molecular complexity index is 632. The van der Waals surface area contributed by atoms with E-state index in [1.165, 1.54) is 6.08 Å². The number of aromatic nitrogens is 1. The van der Waals surface area contributed by atoms with Crippen LogP contribution in [0.4, 0.5) is 0 Å². The Balaban J connectivity index is 1.91. The Labute approximate surface area is 123 Å². The molecule has 2 aromatic rings. The van der Waals surface area contributed by atoms with Crippen LogP contribution in [0.15, 0.2) is 48.7 Å². The molecular formula is C16H18N2O3. The van der Waals surface area contributed by atoms with Crippen LogP contribution >= 0.6 is 0 Å². The number of nitrogens with two attached hydrogens (primary N) is 1. The third kappa shape index (κ3) is 4.42. The summed E-state index contributed by atoms with van der Waals surface area (Å²) in [6.07, 6.45) is 4.96. The van der Waals surface area contributed by atoms with Gasteiger partial charge in [0, 0.05) is 24.0 Å². The second-order valence-corrected chi connectivity index (χ2v) is 4.39. The molecule has 1 aromatic carbocycles. The maximum Gasteiger partial charge on any atom is 0.241 e. The summed E-state index contributed by atoms with van der Waals surface area (Å²) in [6, 6.07) is 11.3. The van der Waals surface area contributed by atoms with Crippen molar-refractivity contribution < 1.29 is 14.3 Å². The number of carbonyl (C=O) groups excluding carboxylic acids is 1. The maximum absolute atomic E-state index is 10.8. The molecule has 21 heavy (non-hydrogen) atoms. The van der Waals surface area contributed by atoms with Crippen molar-refractivity contribution >= 4 is 12.0 Å². The van der Waals surface area contributed by atoms with E-state index in [0.717, 1.165) is 17.2 Å². The van der Waals surface area contributed by atoms with Crippen LogP contribution in [0.25, 0.3) is 6.08 Å². The molecule has 0 aliphatic heterocycles. The summed E-state index contributed by atoms with van der Waals surface area (Å²) in [4.78, 5) is 10.8. The molecule has 0 spiro atoms. The number of methoxy groups -OCH3 is 1. The Hall–Kier alpha value is -2.69. The van der Waals surface area contributed by atoms with E-state index in [-0.39, 0.29) is 0 Å². The van der Waals surface area contributed by atoms with Crippen LogP contribution in [-0.2, 0) is 11.3 Å². The van der Waals surface area contributed by atoms with Gasteiger partial charge in [-0.25, -0.2) is 0 Å². The minimum atomic E-state index is -0.463. The fourth-order valence-corrected chi connectivity index (χ4v) is 1.90. The number of amides is 1. The zero-order valence-corrected chi connectivity index (χ0v) is 11.9. The van der Waals surface area contributed by atoms with E-state index in [1.807, 2.05) is 47.2 Å². The molecular weight excluding hydrogens is 268 g/mol. The molecule has 5 nitrogen and oxygen atoms in total. The minimum absolute atomic E-state index is 0.463. The van der Waals surface area contributed by atoms with E-state index < -0.39 is 5.91 Å². The average Bonchev–Trinajstić information content (AvgIpc) is 2.93. The van der Waals surface area contributed by atoms with Crippen LogP contribution < -0.4 is 15.2 Å². The fourth-order valence-electron chi connectivity index (χ4n) is 1.90. The molecule has 0 bridgehead atoms. The molecule has 0 aliphatic carbocycles. The highest BCUT2D eigenvalue weighted by Gasteiger charge is 2.00. The van der Waals surface area contributed by atoms with Crippen molar-refractivity contribution in [3.05, 3.63) is 54.4 Å². The Morgan fingerprint density at radius 1 is 1.29 bits per heavy atom. The lowest BCUT2D eigenvalue weighted by Gasteiger charge is -2.09. The number of nitrogens with zero attached hydrogens (tertiary/aromatic N) is 1. The third-order valence-electron chi connectivity index (χ3n) is 2.93. The molecule has 2 N–H and O–H groups in total. The van der Waals surface area contributed by atoms with Crippen molar-refractivity contribution in [3.63, 3.8) is 0 Å². The molecule has 0 atom stereocenters. The molecule has 0 saturated carbocycles. The van der Waals surface area contributed by atoms with Gasteiger partial charge < -0.3 is 19.8 Å². The van der Waals surface area contributed by atoms with Gasteiger partial charge in [-0.1, -0.05) is 6.07 Å². The van der Waals surface area contributed by atoms with Crippen LogP contribution in [0.3, 0.4) is 0 Å². The Morgan fingerprint density at radius 3 is 2.86 bits per heavy atom. The zero-order chi connectivity index (χ0) is 15.1. The lowest BCUT2D eigenvalue weighted by atomic mass is 10.3. The van der Waals surface area contributed by atoms with Crippen molar-refractivity contribution in [1.82, 2.24) is 4.57 Å². The number of ether oxygens (including phenoxy) is 2. The summed E-state index contributed by atoms with van der Waals surface area (Å²) in [7, 11) is 1.62. The number of hydrogen-bond donors (Lipinski definition) is 1. The molecule has 110 valence electrons. The largest absolute Gasteiger partial charge is 0.497 e. The van der Waals surface area contributed by atoms with E-state index in [0.29, 0.717) is 13.2 Å². The van der Waals surface area contributed by atoms with Crippen LogP contribution in [-0.4, -0.2) is 24.2 Å². The predicted molar refractivity (Wildman–Crippen MR) is 81.1 cm³/mol. The molecule has 0 aliphatic rings. The van der Waals surface area contributed by atoms with E-state index in [9.17, 15) is 4.79 Å². The highest BCUT2D eigenvalue weighted by molar-refractivity contribution is 5.90. The van der Waals surface area contributed by atoms with Crippen molar-refractivity contribution in [2.75, 3.05) is 13.7 Å². The summed E-state index contributed by atoms with van der Waals surface area (Å²) < 4.78 is 12.8. The van der Waals surface area contributed by atoms with Crippen LogP contribution in [0, 0.1) is 0 Å². The predicted octanol–water partition coefficient (Wildman–Crippen LogP) is 2.07. The number of primary amides is 1. The van der Waals surface area contributed by atoms with E-state index in [4.69, 9.17) is 15.2 Å². The maximum atomic E-state index is 10.8. The molecule has 0 fully saturated rings. The van der Waals surface area contributed by atoms with E-state index >= 15 is 0 Å². The normalized spacial score (nSPS) is 10.7. The van der Waals surface area contributed by atoms with E-state index in [2.05, 4.69) is 0 Å². The highest BCUT2D eigenvalue weighted by Crippen LogP contribution is 2.18. The van der Waals surface area contributed by atoms with Gasteiger partial charge in [0.1, 0.15) is 18.1 Å². The number of benzene rings is 1. The summed E-state index contributed by atoms with van der Waals surface area (Å²) >= 11 is 0. The quantitative estimate of drug-likeness (QED) is 0.792. The monoisotopic (exact) mass is 286 g/mol. The number of carbonyl (C=O) groups is 1. The van der Waals surface area contributed by atoms with Crippen LogP contribution in [0.1, 0.15) is 5.69 Å². The smallest absolute Gasteiger partial charge is 0.241 e. The highest BCUT2D eigenvalue weighted by atomic mass is 16.5. The molecule has 5 heteroatoms. The standard InChI is InChI=1S/C16H18N2O3/c1-20-14-5-2-6-15(12-14)21-11-10-18-9-3-4-13(18)7-8-16(17)19/h2-9,12H,10-11H2,1H3,(H2,17,19)/b8-7+. The Kier molecular flexibility index (Phi) is 5.04. The second-order valence-electron chi connectivity index (χ2n) is 4.39. The first-order valence-corrected chi connectivity index (χ1v) is 6.58. The minimum Gasteiger partial charge on any atom is -0.497 e. The zero-order valence-electron chi connectivity index (χ0n) is 11.9. The van der Waals surface area contributed by atoms with Gasteiger partial charge in [-0.15, -0.1) is 0 Å². The van der Waals surface area contributed by atoms with Gasteiger partial charge in [0.15, 0.2) is 0 Å². The van der Waals surface area contributed by atoms with Crippen LogP contribution in [0.5, 0.6) is 11.5 Å². The Morgan fingerprint density at radius 2 is 2.10 bits per heavy atom.